The summed E-state index contributed by atoms with van der Waals surface area (Å²) in [6.45, 7) is -1.37. The molecular formula is C10H12F2O3S. The van der Waals surface area contributed by atoms with E-state index < -0.39 is 16.4 Å². The summed E-state index contributed by atoms with van der Waals surface area (Å²) in [5.41, 5.74) is 0.444. The van der Waals surface area contributed by atoms with Crippen molar-refractivity contribution in [2.45, 2.75) is 19.3 Å². The molecular weight excluding hydrogens is 238 g/mol. The molecule has 1 aromatic rings. The highest BCUT2D eigenvalue weighted by Crippen LogP contribution is 2.17. The van der Waals surface area contributed by atoms with Gasteiger partial charge in [0, 0.05) is 5.75 Å². The SMILES string of the molecule is CCS(=O)(=O)Cc1cccc(OC(F)F)c1. The first-order valence-electron chi connectivity index (χ1n) is 4.67. The fraction of sp³-hybridized carbons (Fsp3) is 0.400. The van der Waals surface area contributed by atoms with Gasteiger partial charge in [0.2, 0.25) is 0 Å². The molecule has 0 N–H and O–H groups in total. The van der Waals surface area contributed by atoms with Gasteiger partial charge < -0.3 is 4.74 Å². The second kappa shape index (κ2) is 5.25. The maximum atomic E-state index is 11.9. The summed E-state index contributed by atoms with van der Waals surface area (Å²) in [5.74, 6) is -0.171. The van der Waals surface area contributed by atoms with Crippen molar-refractivity contribution in [2.24, 2.45) is 0 Å². The van der Waals surface area contributed by atoms with Crippen LogP contribution < -0.4 is 4.74 Å². The Balaban J connectivity index is 2.83. The number of sulfone groups is 1. The fourth-order valence-electron chi connectivity index (χ4n) is 1.17. The van der Waals surface area contributed by atoms with Crippen LogP contribution in [0.2, 0.25) is 0 Å². The Morgan fingerprint density at radius 3 is 2.62 bits per heavy atom. The molecule has 1 rings (SSSR count). The van der Waals surface area contributed by atoms with E-state index in [2.05, 4.69) is 4.74 Å². The summed E-state index contributed by atoms with van der Waals surface area (Å²) in [6, 6.07) is 5.71. The van der Waals surface area contributed by atoms with Gasteiger partial charge in [0.25, 0.3) is 0 Å². The molecule has 0 atom stereocenters. The molecule has 3 nitrogen and oxygen atoms in total. The third kappa shape index (κ3) is 4.14. The van der Waals surface area contributed by atoms with Gasteiger partial charge in [0.05, 0.1) is 5.75 Å². The highest BCUT2D eigenvalue weighted by molar-refractivity contribution is 7.90. The topological polar surface area (TPSA) is 43.4 Å². The fourth-order valence-corrected chi connectivity index (χ4v) is 2.06. The minimum Gasteiger partial charge on any atom is -0.435 e. The lowest BCUT2D eigenvalue weighted by molar-refractivity contribution is -0.0498. The summed E-state index contributed by atoms with van der Waals surface area (Å²) < 4.78 is 50.6. The third-order valence-electron chi connectivity index (χ3n) is 1.95. The predicted molar refractivity (Wildman–Crippen MR) is 56.2 cm³/mol. The van der Waals surface area contributed by atoms with Gasteiger partial charge in [-0.1, -0.05) is 19.1 Å². The van der Waals surface area contributed by atoms with Crippen LogP contribution in [0, 0.1) is 0 Å². The van der Waals surface area contributed by atoms with Crippen LogP contribution in [0.15, 0.2) is 24.3 Å². The molecule has 6 heteroatoms. The quantitative estimate of drug-likeness (QED) is 0.804. The summed E-state index contributed by atoms with van der Waals surface area (Å²) in [6.07, 6.45) is 0. The number of benzene rings is 1. The normalized spacial score (nSPS) is 11.8. The van der Waals surface area contributed by atoms with Crippen molar-refractivity contribution in [1.82, 2.24) is 0 Å². The highest BCUT2D eigenvalue weighted by Gasteiger charge is 2.10. The van der Waals surface area contributed by atoms with Crippen LogP contribution in [0.3, 0.4) is 0 Å². The Morgan fingerprint density at radius 2 is 2.06 bits per heavy atom. The summed E-state index contributed by atoms with van der Waals surface area (Å²) in [4.78, 5) is 0. The largest absolute Gasteiger partial charge is 0.435 e. The van der Waals surface area contributed by atoms with Gasteiger partial charge in [-0.15, -0.1) is 0 Å². The molecule has 16 heavy (non-hydrogen) atoms. The monoisotopic (exact) mass is 250 g/mol. The molecule has 0 saturated carbocycles. The van der Waals surface area contributed by atoms with Gasteiger partial charge in [0.1, 0.15) is 5.75 Å². The van der Waals surface area contributed by atoms with E-state index in [0.717, 1.165) is 0 Å². The van der Waals surface area contributed by atoms with Crippen LogP contribution in [-0.4, -0.2) is 20.8 Å². The maximum Gasteiger partial charge on any atom is 0.387 e. The maximum absolute atomic E-state index is 11.9. The lowest BCUT2D eigenvalue weighted by Gasteiger charge is -2.06. The van der Waals surface area contributed by atoms with Gasteiger partial charge in [0.15, 0.2) is 9.84 Å². The number of hydrogen-bond donors (Lipinski definition) is 0. The molecule has 0 heterocycles. The van der Waals surface area contributed by atoms with Crippen molar-refractivity contribution in [2.75, 3.05) is 5.75 Å². The van der Waals surface area contributed by atoms with Gasteiger partial charge in [-0.25, -0.2) is 8.42 Å². The zero-order valence-electron chi connectivity index (χ0n) is 8.69. The minimum atomic E-state index is -3.16. The first kappa shape index (κ1) is 12.9. The van der Waals surface area contributed by atoms with Crippen LogP contribution >= 0.6 is 0 Å². The first-order chi connectivity index (χ1) is 7.43. The number of halogens is 2. The molecule has 0 amide bonds. The Bertz CT molecular complexity index is 443. The standard InChI is InChI=1S/C10H12F2O3S/c1-2-16(13,14)7-8-4-3-5-9(6-8)15-10(11)12/h3-6,10H,2,7H2,1H3. The molecule has 0 radical (unpaired) electrons. The summed E-state index contributed by atoms with van der Waals surface area (Å²) in [7, 11) is -3.16. The predicted octanol–water partition coefficient (Wildman–Crippen LogP) is 2.22. The van der Waals surface area contributed by atoms with Crippen LogP contribution in [-0.2, 0) is 15.6 Å². The van der Waals surface area contributed by atoms with Gasteiger partial charge in [-0.3, -0.25) is 0 Å². The Morgan fingerprint density at radius 1 is 1.38 bits per heavy atom. The molecule has 1 aromatic carbocycles. The zero-order chi connectivity index (χ0) is 12.2. The van der Waals surface area contributed by atoms with E-state index in [1.807, 2.05) is 0 Å². The van der Waals surface area contributed by atoms with Crippen molar-refractivity contribution < 1.29 is 21.9 Å². The Hall–Kier alpha value is -1.17. The molecule has 90 valence electrons. The molecule has 0 saturated heterocycles. The van der Waals surface area contributed by atoms with E-state index in [4.69, 9.17) is 0 Å². The molecule has 0 spiro atoms. The molecule has 0 unspecified atom stereocenters. The number of hydrogen-bond acceptors (Lipinski definition) is 3. The van der Waals surface area contributed by atoms with Gasteiger partial charge in [-0.2, -0.15) is 8.78 Å². The highest BCUT2D eigenvalue weighted by atomic mass is 32.2. The van der Waals surface area contributed by atoms with E-state index in [9.17, 15) is 17.2 Å². The summed E-state index contributed by atoms with van der Waals surface area (Å²) >= 11 is 0. The molecule has 0 aromatic heterocycles. The van der Waals surface area contributed by atoms with Crippen molar-refractivity contribution in [3.63, 3.8) is 0 Å². The number of alkyl halides is 2. The van der Waals surface area contributed by atoms with Crippen molar-refractivity contribution in [3.8, 4) is 5.75 Å². The van der Waals surface area contributed by atoms with Crippen LogP contribution in [0.25, 0.3) is 0 Å². The van der Waals surface area contributed by atoms with Crippen LogP contribution in [0.5, 0.6) is 5.75 Å². The van der Waals surface area contributed by atoms with Gasteiger partial charge in [-0.05, 0) is 17.7 Å². The molecule has 0 aliphatic heterocycles. The third-order valence-corrected chi connectivity index (χ3v) is 3.60. The van der Waals surface area contributed by atoms with E-state index in [1.165, 1.54) is 25.1 Å². The van der Waals surface area contributed by atoms with E-state index in [0.29, 0.717) is 5.56 Å². The lowest BCUT2D eigenvalue weighted by atomic mass is 10.2. The molecule has 0 fully saturated rings. The molecule has 0 aliphatic rings. The van der Waals surface area contributed by atoms with Crippen molar-refractivity contribution in [3.05, 3.63) is 29.8 Å². The second-order valence-electron chi connectivity index (χ2n) is 3.20. The van der Waals surface area contributed by atoms with E-state index in [-0.39, 0.29) is 17.3 Å². The Labute approximate surface area is 93.0 Å². The van der Waals surface area contributed by atoms with E-state index >= 15 is 0 Å². The second-order valence-corrected chi connectivity index (χ2v) is 5.56. The Kier molecular flexibility index (Phi) is 4.23. The average Bonchev–Trinajstić information content (AvgIpc) is 2.16. The van der Waals surface area contributed by atoms with Crippen molar-refractivity contribution >= 4 is 9.84 Å². The van der Waals surface area contributed by atoms with Crippen molar-refractivity contribution in [1.29, 1.82) is 0 Å². The minimum absolute atomic E-state index is 0.0208. The lowest BCUT2D eigenvalue weighted by Crippen LogP contribution is -2.07. The number of rotatable bonds is 5. The first-order valence-corrected chi connectivity index (χ1v) is 6.49. The molecule has 0 aliphatic carbocycles. The van der Waals surface area contributed by atoms with E-state index in [1.54, 1.807) is 6.07 Å². The number of ether oxygens (including phenoxy) is 1. The smallest absolute Gasteiger partial charge is 0.387 e. The molecule has 0 bridgehead atoms. The van der Waals surface area contributed by atoms with Crippen LogP contribution in [0.1, 0.15) is 12.5 Å². The van der Waals surface area contributed by atoms with Crippen LogP contribution in [0.4, 0.5) is 8.78 Å². The zero-order valence-corrected chi connectivity index (χ0v) is 9.51. The average molecular weight is 250 g/mol. The van der Waals surface area contributed by atoms with Gasteiger partial charge >= 0.3 is 6.61 Å². The summed E-state index contributed by atoms with van der Waals surface area (Å²) in [5, 5.41) is 0.